The molecule has 0 saturated carbocycles. The second-order valence-corrected chi connectivity index (χ2v) is 6.34. The highest BCUT2D eigenvalue weighted by molar-refractivity contribution is 6.06. The van der Waals surface area contributed by atoms with Crippen LogP contribution in [0.5, 0.6) is 0 Å². The number of carbonyl (C=O) groups is 1. The van der Waals surface area contributed by atoms with E-state index in [4.69, 9.17) is 0 Å². The molecule has 0 aliphatic rings. The Balaban J connectivity index is 2.06. The van der Waals surface area contributed by atoms with Crippen molar-refractivity contribution in [3.8, 4) is 22.4 Å². The van der Waals surface area contributed by atoms with Crippen LogP contribution >= 0.6 is 0 Å². The Kier molecular flexibility index (Phi) is 4.16. The molecule has 3 nitrogen and oxygen atoms in total. The summed E-state index contributed by atoms with van der Waals surface area (Å²) in [4.78, 5) is 16.6. The van der Waals surface area contributed by atoms with Crippen LogP contribution in [0, 0.1) is 12.7 Å². The maximum absolute atomic E-state index is 13.7. The first kappa shape index (κ1) is 16.9. The number of hydrogen-bond acceptors (Lipinski definition) is 2. The third kappa shape index (κ3) is 2.95. The molecule has 0 spiro atoms. The van der Waals surface area contributed by atoms with Crippen LogP contribution in [0.2, 0.25) is 0 Å². The van der Waals surface area contributed by atoms with Crippen LogP contribution < -0.4 is 0 Å². The highest BCUT2D eigenvalue weighted by Crippen LogP contribution is 2.36. The normalized spacial score (nSPS) is 10.9. The minimum atomic E-state index is -1.09. The second kappa shape index (κ2) is 6.65. The Morgan fingerprint density at radius 1 is 0.926 bits per heavy atom. The number of fused-ring (bicyclic) bond motifs is 1. The van der Waals surface area contributed by atoms with Gasteiger partial charge >= 0.3 is 5.97 Å². The number of aromatic carboxylic acids is 1. The number of halogens is 1. The van der Waals surface area contributed by atoms with E-state index in [1.165, 1.54) is 18.2 Å². The van der Waals surface area contributed by atoms with Gasteiger partial charge in [-0.25, -0.2) is 14.2 Å². The molecule has 0 aliphatic carbocycles. The van der Waals surface area contributed by atoms with E-state index in [0.717, 1.165) is 16.7 Å². The summed E-state index contributed by atoms with van der Waals surface area (Å²) in [5.74, 6) is -1.58. The zero-order chi connectivity index (χ0) is 19.0. The molecule has 1 N–H and O–H groups in total. The lowest BCUT2D eigenvalue weighted by molar-refractivity contribution is 0.0698. The summed E-state index contributed by atoms with van der Waals surface area (Å²) in [5, 5.41) is 10.1. The van der Waals surface area contributed by atoms with Crippen molar-refractivity contribution in [2.24, 2.45) is 0 Å². The fraction of sp³-hybridized carbons (Fsp3) is 0.0435. The average Bonchev–Trinajstić information content (AvgIpc) is 2.68. The SMILES string of the molecule is Cc1c(-c2ccccc2-c2ccccc2)nc2ccc(F)cc2c1C(=O)O. The number of carboxylic acid groups (broad SMARTS) is 1. The van der Waals surface area contributed by atoms with Crippen molar-refractivity contribution in [2.45, 2.75) is 6.92 Å². The molecule has 0 amide bonds. The summed E-state index contributed by atoms with van der Waals surface area (Å²) in [6.45, 7) is 1.72. The van der Waals surface area contributed by atoms with Gasteiger partial charge in [-0.1, -0.05) is 54.6 Å². The van der Waals surface area contributed by atoms with Crippen molar-refractivity contribution in [2.75, 3.05) is 0 Å². The van der Waals surface area contributed by atoms with Crippen LogP contribution in [0.3, 0.4) is 0 Å². The first-order valence-corrected chi connectivity index (χ1v) is 8.54. The molecule has 132 valence electrons. The molecule has 3 aromatic carbocycles. The van der Waals surface area contributed by atoms with Gasteiger partial charge < -0.3 is 5.11 Å². The second-order valence-electron chi connectivity index (χ2n) is 6.34. The quantitative estimate of drug-likeness (QED) is 0.510. The molecule has 0 saturated heterocycles. The number of aromatic nitrogens is 1. The van der Waals surface area contributed by atoms with Gasteiger partial charge in [-0.2, -0.15) is 0 Å². The van der Waals surface area contributed by atoms with Gasteiger partial charge in [-0.3, -0.25) is 0 Å². The lowest BCUT2D eigenvalue weighted by Crippen LogP contribution is -2.05. The maximum atomic E-state index is 13.7. The topological polar surface area (TPSA) is 50.2 Å². The molecule has 4 rings (SSSR count). The molecule has 4 aromatic rings. The fourth-order valence-electron chi connectivity index (χ4n) is 3.43. The van der Waals surface area contributed by atoms with Crippen molar-refractivity contribution in [1.82, 2.24) is 4.98 Å². The van der Waals surface area contributed by atoms with Gasteiger partial charge in [0, 0.05) is 10.9 Å². The monoisotopic (exact) mass is 357 g/mol. The lowest BCUT2D eigenvalue weighted by Gasteiger charge is -2.15. The summed E-state index contributed by atoms with van der Waals surface area (Å²) >= 11 is 0. The van der Waals surface area contributed by atoms with Gasteiger partial charge in [-0.05, 0) is 41.8 Å². The van der Waals surface area contributed by atoms with Crippen molar-refractivity contribution < 1.29 is 14.3 Å². The van der Waals surface area contributed by atoms with Gasteiger partial charge in [-0.15, -0.1) is 0 Å². The van der Waals surface area contributed by atoms with E-state index in [1.54, 1.807) is 6.92 Å². The minimum Gasteiger partial charge on any atom is -0.478 e. The van der Waals surface area contributed by atoms with Gasteiger partial charge in [0.15, 0.2) is 0 Å². The Morgan fingerprint density at radius 2 is 1.59 bits per heavy atom. The minimum absolute atomic E-state index is 0.0809. The first-order chi connectivity index (χ1) is 13.1. The summed E-state index contributed by atoms with van der Waals surface area (Å²) in [6, 6.07) is 21.7. The van der Waals surface area contributed by atoms with E-state index < -0.39 is 11.8 Å². The van der Waals surface area contributed by atoms with Crippen molar-refractivity contribution in [3.63, 3.8) is 0 Å². The Morgan fingerprint density at radius 3 is 2.30 bits per heavy atom. The van der Waals surface area contributed by atoms with Gasteiger partial charge in [0.25, 0.3) is 0 Å². The van der Waals surface area contributed by atoms with Crippen LogP contribution in [0.15, 0.2) is 72.8 Å². The van der Waals surface area contributed by atoms with Gasteiger partial charge in [0.2, 0.25) is 0 Å². The Hall–Kier alpha value is -3.53. The van der Waals surface area contributed by atoms with Gasteiger partial charge in [0.05, 0.1) is 16.8 Å². The van der Waals surface area contributed by atoms with Crippen LogP contribution in [0.1, 0.15) is 15.9 Å². The van der Waals surface area contributed by atoms with E-state index in [9.17, 15) is 14.3 Å². The van der Waals surface area contributed by atoms with Crippen LogP contribution in [0.4, 0.5) is 4.39 Å². The third-order valence-electron chi connectivity index (χ3n) is 4.67. The zero-order valence-corrected chi connectivity index (χ0v) is 14.6. The number of benzene rings is 3. The highest BCUT2D eigenvalue weighted by Gasteiger charge is 2.20. The maximum Gasteiger partial charge on any atom is 0.336 e. The summed E-state index contributed by atoms with van der Waals surface area (Å²) in [6.07, 6.45) is 0. The zero-order valence-electron chi connectivity index (χ0n) is 14.6. The fourth-order valence-corrected chi connectivity index (χ4v) is 3.43. The van der Waals surface area contributed by atoms with Crippen molar-refractivity contribution in [3.05, 3.63) is 89.7 Å². The van der Waals surface area contributed by atoms with Gasteiger partial charge in [0.1, 0.15) is 5.82 Å². The number of nitrogens with zero attached hydrogens (tertiary/aromatic N) is 1. The predicted molar refractivity (Wildman–Crippen MR) is 104 cm³/mol. The van der Waals surface area contributed by atoms with E-state index in [-0.39, 0.29) is 5.56 Å². The summed E-state index contributed by atoms with van der Waals surface area (Å²) in [5.41, 5.74) is 4.47. The number of carboxylic acids is 1. The lowest BCUT2D eigenvalue weighted by atomic mass is 9.92. The number of hydrogen-bond donors (Lipinski definition) is 1. The molecule has 4 heteroatoms. The van der Waals surface area contributed by atoms with Crippen LogP contribution in [0.25, 0.3) is 33.3 Å². The Labute approximate surface area is 155 Å². The molecule has 0 fully saturated rings. The smallest absolute Gasteiger partial charge is 0.336 e. The standard InChI is InChI=1S/C23H16FNO2/c1-14-21(23(26)27)19-13-16(24)11-12-20(19)25-22(14)18-10-6-5-9-17(18)15-7-3-2-4-8-15/h2-13H,1H3,(H,26,27). The molecular weight excluding hydrogens is 341 g/mol. The average molecular weight is 357 g/mol. The molecule has 0 radical (unpaired) electrons. The van der Waals surface area contributed by atoms with E-state index >= 15 is 0 Å². The summed E-state index contributed by atoms with van der Waals surface area (Å²) < 4.78 is 13.7. The molecule has 1 heterocycles. The van der Waals surface area contributed by atoms with Crippen molar-refractivity contribution >= 4 is 16.9 Å². The Bertz CT molecular complexity index is 1170. The largest absolute Gasteiger partial charge is 0.478 e. The van der Waals surface area contributed by atoms with E-state index in [0.29, 0.717) is 22.2 Å². The van der Waals surface area contributed by atoms with E-state index in [2.05, 4.69) is 4.98 Å². The van der Waals surface area contributed by atoms with Crippen LogP contribution in [-0.4, -0.2) is 16.1 Å². The van der Waals surface area contributed by atoms with E-state index in [1.807, 2.05) is 54.6 Å². The van der Waals surface area contributed by atoms with Crippen molar-refractivity contribution in [1.29, 1.82) is 0 Å². The molecule has 0 unspecified atom stereocenters. The molecule has 27 heavy (non-hydrogen) atoms. The summed E-state index contributed by atoms with van der Waals surface area (Å²) in [7, 11) is 0. The predicted octanol–water partition coefficient (Wildman–Crippen LogP) is 5.71. The third-order valence-corrected chi connectivity index (χ3v) is 4.67. The number of rotatable bonds is 3. The number of pyridine rings is 1. The molecule has 0 atom stereocenters. The highest BCUT2D eigenvalue weighted by atomic mass is 19.1. The van der Waals surface area contributed by atoms with Crippen LogP contribution in [-0.2, 0) is 0 Å². The molecule has 1 aromatic heterocycles. The molecule has 0 aliphatic heterocycles. The first-order valence-electron chi connectivity index (χ1n) is 8.54. The molecule has 0 bridgehead atoms. The molecular formula is C23H16FNO2.